The van der Waals surface area contributed by atoms with E-state index in [1.807, 2.05) is 57.2 Å². The third kappa shape index (κ3) is 5.42. The molecule has 0 saturated heterocycles. The van der Waals surface area contributed by atoms with Crippen LogP contribution in [0.4, 0.5) is 10.5 Å². The SMILES string of the molecule is CCCN1C(=O)NC(c2cccc(NC(=O)C(C)C)c2)C(C(=O)OCC)=C1c1ccccc1. The van der Waals surface area contributed by atoms with Gasteiger partial charge in [0, 0.05) is 18.2 Å². The zero-order valence-electron chi connectivity index (χ0n) is 19.6. The summed E-state index contributed by atoms with van der Waals surface area (Å²) in [4.78, 5) is 40.2. The van der Waals surface area contributed by atoms with Crippen LogP contribution in [0.5, 0.6) is 0 Å². The first-order valence-corrected chi connectivity index (χ1v) is 11.3. The topological polar surface area (TPSA) is 87.7 Å². The van der Waals surface area contributed by atoms with Crippen LogP contribution >= 0.6 is 0 Å². The van der Waals surface area contributed by atoms with E-state index in [1.165, 1.54) is 0 Å². The predicted molar refractivity (Wildman–Crippen MR) is 128 cm³/mol. The summed E-state index contributed by atoms with van der Waals surface area (Å²) in [5.74, 6) is -0.774. The molecule has 0 spiro atoms. The van der Waals surface area contributed by atoms with Crippen molar-refractivity contribution in [3.63, 3.8) is 0 Å². The molecule has 0 radical (unpaired) electrons. The molecule has 7 heteroatoms. The third-order valence-electron chi connectivity index (χ3n) is 5.33. The van der Waals surface area contributed by atoms with Crippen LogP contribution in [0.25, 0.3) is 5.70 Å². The molecule has 0 fully saturated rings. The highest BCUT2D eigenvalue weighted by molar-refractivity contribution is 6.04. The zero-order chi connectivity index (χ0) is 24.0. The minimum Gasteiger partial charge on any atom is -0.463 e. The lowest BCUT2D eigenvalue weighted by molar-refractivity contribution is -0.139. The molecule has 3 rings (SSSR count). The number of anilines is 1. The van der Waals surface area contributed by atoms with Crippen LogP contribution in [0.2, 0.25) is 0 Å². The Morgan fingerprint density at radius 1 is 1.09 bits per heavy atom. The van der Waals surface area contributed by atoms with Crippen molar-refractivity contribution in [1.82, 2.24) is 10.2 Å². The maximum atomic E-state index is 13.2. The lowest BCUT2D eigenvalue weighted by Gasteiger charge is -2.37. The Bertz CT molecular complexity index is 1050. The van der Waals surface area contributed by atoms with E-state index in [2.05, 4.69) is 10.6 Å². The number of hydrogen-bond acceptors (Lipinski definition) is 4. The number of hydrogen-bond donors (Lipinski definition) is 2. The number of carbonyl (C=O) groups excluding carboxylic acids is 3. The highest BCUT2D eigenvalue weighted by Gasteiger charge is 2.38. The zero-order valence-corrected chi connectivity index (χ0v) is 19.6. The average Bonchev–Trinajstić information content (AvgIpc) is 2.80. The molecule has 1 heterocycles. The van der Waals surface area contributed by atoms with Crippen molar-refractivity contribution in [1.29, 1.82) is 0 Å². The van der Waals surface area contributed by atoms with Crippen LogP contribution in [0.3, 0.4) is 0 Å². The van der Waals surface area contributed by atoms with Crippen molar-refractivity contribution >= 4 is 29.3 Å². The minimum absolute atomic E-state index is 0.111. The average molecular weight is 450 g/mol. The third-order valence-corrected chi connectivity index (χ3v) is 5.33. The van der Waals surface area contributed by atoms with Crippen LogP contribution in [0.1, 0.15) is 51.3 Å². The quantitative estimate of drug-likeness (QED) is 0.570. The van der Waals surface area contributed by atoms with Gasteiger partial charge in [-0.1, -0.05) is 63.2 Å². The predicted octanol–water partition coefficient (Wildman–Crippen LogP) is 4.73. The molecule has 2 N–H and O–H groups in total. The Kier molecular flexibility index (Phi) is 7.87. The van der Waals surface area contributed by atoms with Gasteiger partial charge in [-0.05, 0) is 36.6 Å². The van der Waals surface area contributed by atoms with E-state index in [9.17, 15) is 14.4 Å². The van der Waals surface area contributed by atoms with Gasteiger partial charge in [0.25, 0.3) is 0 Å². The second kappa shape index (κ2) is 10.8. The minimum atomic E-state index is -0.726. The summed E-state index contributed by atoms with van der Waals surface area (Å²) in [6.07, 6.45) is 0.723. The van der Waals surface area contributed by atoms with Gasteiger partial charge in [0.15, 0.2) is 0 Å². The molecule has 3 amide bonds. The molecule has 1 aliphatic rings. The summed E-state index contributed by atoms with van der Waals surface area (Å²) in [7, 11) is 0. The van der Waals surface area contributed by atoms with E-state index >= 15 is 0 Å². The van der Waals surface area contributed by atoms with Crippen molar-refractivity contribution < 1.29 is 19.1 Å². The summed E-state index contributed by atoms with van der Waals surface area (Å²) in [6, 6.07) is 15.6. The van der Waals surface area contributed by atoms with Gasteiger partial charge in [-0.25, -0.2) is 9.59 Å². The number of amides is 3. The number of benzene rings is 2. The molecule has 0 aromatic heterocycles. The van der Waals surface area contributed by atoms with Crippen molar-refractivity contribution in [3.05, 3.63) is 71.3 Å². The van der Waals surface area contributed by atoms with E-state index in [0.29, 0.717) is 29.1 Å². The molecule has 0 saturated carbocycles. The smallest absolute Gasteiger partial charge is 0.338 e. The van der Waals surface area contributed by atoms with Gasteiger partial charge in [-0.15, -0.1) is 0 Å². The molecular formula is C26H31N3O4. The normalized spacial score (nSPS) is 16.0. The van der Waals surface area contributed by atoms with Crippen LogP contribution < -0.4 is 10.6 Å². The Hall–Kier alpha value is -3.61. The summed E-state index contributed by atoms with van der Waals surface area (Å²) in [6.45, 7) is 8.03. The molecule has 1 aliphatic heterocycles. The fraction of sp³-hybridized carbons (Fsp3) is 0.346. The second-order valence-electron chi connectivity index (χ2n) is 8.15. The highest BCUT2D eigenvalue weighted by Crippen LogP contribution is 2.37. The molecule has 7 nitrogen and oxygen atoms in total. The van der Waals surface area contributed by atoms with Gasteiger partial charge in [0.05, 0.1) is 23.9 Å². The Morgan fingerprint density at radius 3 is 2.45 bits per heavy atom. The molecule has 2 aromatic rings. The van der Waals surface area contributed by atoms with Crippen molar-refractivity contribution in [2.24, 2.45) is 5.92 Å². The molecule has 0 aliphatic carbocycles. The number of esters is 1. The van der Waals surface area contributed by atoms with Gasteiger partial charge in [0.1, 0.15) is 0 Å². The standard InChI is InChI=1S/C26H31N3O4/c1-5-15-29-23(18-11-8-7-9-12-18)21(25(31)33-6-2)22(28-26(29)32)19-13-10-14-20(16-19)27-24(30)17(3)4/h7-14,16-17,22H,5-6,15H2,1-4H3,(H,27,30)(H,28,32). The molecule has 174 valence electrons. The largest absolute Gasteiger partial charge is 0.463 e. The summed E-state index contributed by atoms with van der Waals surface area (Å²) in [5.41, 5.74) is 2.95. The maximum absolute atomic E-state index is 13.2. The van der Waals surface area contributed by atoms with Gasteiger partial charge in [0.2, 0.25) is 5.91 Å². The lowest BCUT2D eigenvalue weighted by Crippen LogP contribution is -2.48. The first kappa shape index (κ1) is 24.0. The molecule has 2 aromatic carbocycles. The number of nitrogens with one attached hydrogen (secondary N) is 2. The van der Waals surface area contributed by atoms with E-state index in [4.69, 9.17) is 4.74 Å². The monoisotopic (exact) mass is 449 g/mol. The maximum Gasteiger partial charge on any atom is 0.338 e. The Balaban J connectivity index is 2.18. The highest BCUT2D eigenvalue weighted by atomic mass is 16.5. The van der Waals surface area contributed by atoms with E-state index < -0.39 is 12.0 Å². The Morgan fingerprint density at radius 2 is 1.82 bits per heavy atom. The fourth-order valence-electron chi connectivity index (χ4n) is 3.76. The first-order valence-electron chi connectivity index (χ1n) is 11.3. The number of ether oxygens (including phenoxy) is 1. The molecule has 33 heavy (non-hydrogen) atoms. The number of urea groups is 1. The van der Waals surface area contributed by atoms with Crippen LogP contribution in [0, 0.1) is 5.92 Å². The van der Waals surface area contributed by atoms with E-state index in [-0.39, 0.29) is 24.5 Å². The molecular weight excluding hydrogens is 418 g/mol. The van der Waals surface area contributed by atoms with Gasteiger partial charge >= 0.3 is 12.0 Å². The lowest BCUT2D eigenvalue weighted by atomic mass is 9.91. The molecule has 1 unspecified atom stereocenters. The van der Waals surface area contributed by atoms with Crippen molar-refractivity contribution in [3.8, 4) is 0 Å². The van der Waals surface area contributed by atoms with E-state index in [1.54, 1.807) is 30.0 Å². The summed E-state index contributed by atoms with van der Waals surface area (Å²) >= 11 is 0. The van der Waals surface area contributed by atoms with Gasteiger partial charge < -0.3 is 15.4 Å². The summed E-state index contributed by atoms with van der Waals surface area (Å²) < 4.78 is 5.43. The molecule has 1 atom stereocenters. The fourth-order valence-corrected chi connectivity index (χ4v) is 3.76. The Labute approximate surface area is 194 Å². The number of carbonyl (C=O) groups is 3. The molecule has 0 bridgehead atoms. The first-order chi connectivity index (χ1) is 15.9. The van der Waals surface area contributed by atoms with Gasteiger partial charge in [-0.3, -0.25) is 9.69 Å². The van der Waals surface area contributed by atoms with Gasteiger partial charge in [-0.2, -0.15) is 0 Å². The van der Waals surface area contributed by atoms with Crippen molar-refractivity contribution in [2.45, 2.75) is 40.2 Å². The second-order valence-corrected chi connectivity index (χ2v) is 8.15. The summed E-state index contributed by atoms with van der Waals surface area (Å²) in [5, 5.41) is 5.85. The van der Waals surface area contributed by atoms with Crippen LogP contribution in [0.15, 0.2) is 60.2 Å². The number of rotatable bonds is 8. The van der Waals surface area contributed by atoms with Crippen LogP contribution in [-0.2, 0) is 14.3 Å². The van der Waals surface area contributed by atoms with Crippen LogP contribution in [-0.4, -0.2) is 36.0 Å². The number of nitrogens with zero attached hydrogens (tertiary/aromatic N) is 1. The van der Waals surface area contributed by atoms with Crippen molar-refractivity contribution in [2.75, 3.05) is 18.5 Å². The van der Waals surface area contributed by atoms with E-state index in [0.717, 1.165) is 12.0 Å².